The molecule has 0 saturated heterocycles. The lowest BCUT2D eigenvalue weighted by Crippen LogP contribution is -2.27. The molecule has 4 aromatic carbocycles. The molecule has 0 saturated carbocycles. The van der Waals surface area contributed by atoms with Crippen LogP contribution in [0.5, 0.6) is 11.5 Å². The zero-order valence-electron chi connectivity index (χ0n) is 24.1. The van der Waals surface area contributed by atoms with Gasteiger partial charge in [-0.3, -0.25) is 4.79 Å². The van der Waals surface area contributed by atoms with E-state index in [0.717, 1.165) is 45.5 Å². The second-order valence-electron chi connectivity index (χ2n) is 11.0. The summed E-state index contributed by atoms with van der Waals surface area (Å²) in [5.41, 5.74) is 6.50. The van der Waals surface area contributed by atoms with E-state index < -0.39 is 11.4 Å². The first-order valence-electron chi connectivity index (χ1n) is 14.4. The van der Waals surface area contributed by atoms with Crippen LogP contribution in [-0.2, 0) is 23.2 Å². The number of hydrogen-bond donors (Lipinski definition) is 1. The SMILES string of the molecule is CC(CC(=O)O)(c1ccc(OCC2=CCc3ccccc3C=C2)cc1)c1ccc(OCc2ccc3ccccc3n2)cc1. The maximum Gasteiger partial charge on any atom is 0.304 e. The van der Waals surface area contributed by atoms with Crippen LogP contribution < -0.4 is 9.47 Å². The van der Waals surface area contributed by atoms with E-state index in [0.29, 0.717) is 19.0 Å². The quantitative estimate of drug-likeness (QED) is 0.184. The molecule has 1 heterocycles. The van der Waals surface area contributed by atoms with E-state index in [1.165, 1.54) is 11.1 Å². The number of hydrogen-bond acceptors (Lipinski definition) is 4. The van der Waals surface area contributed by atoms with E-state index in [4.69, 9.17) is 9.47 Å². The molecule has 0 aliphatic heterocycles. The molecule has 5 nitrogen and oxygen atoms in total. The van der Waals surface area contributed by atoms with Gasteiger partial charge in [0, 0.05) is 10.8 Å². The van der Waals surface area contributed by atoms with Crippen molar-refractivity contribution in [2.75, 3.05) is 6.61 Å². The average Bonchev–Trinajstić information content (AvgIpc) is 3.25. The Morgan fingerprint density at radius 2 is 1.42 bits per heavy atom. The summed E-state index contributed by atoms with van der Waals surface area (Å²) in [6.07, 6.45) is 7.27. The summed E-state index contributed by atoms with van der Waals surface area (Å²) in [5, 5.41) is 10.9. The molecule has 0 amide bonds. The molecular weight excluding hydrogens is 534 g/mol. The van der Waals surface area contributed by atoms with Crippen LogP contribution >= 0.6 is 0 Å². The van der Waals surface area contributed by atoms with Gasteiger partial charge in [0.15, 0.2) is 0 Å². The molecule has 1 N–H and O–H groups in total. The number of carboxylic acids is 1. The minimum atomic E-state index is -0.862. The van der Waals surface area contributed by atoms with Crippen LogP contribution in [0.3, 0.4) is 0 Å². The molecule has 6 rings (SSSR count). The van der Waals surface area contributed by atoms with Gasteiger partial charge in [-0.15, -0.1) is 0 Å². The van der Waals surface area contributed by atoms with Crippen LogP contribution in [0, 0.1) is 0 Å². The van der Waals surface area contributed by atoms with E-state index in [1.807, 2.05) is 91.9 Å². The predicted octanol–water partition coefficient (Wildman–Crippen LogP) is 8.17. The maximum atomic E-state index is 12.0. The van der Waals surface area contributed by atoms with Crippen molar-refractivity contribution >= 4 is 22.9 Å². The summed E-state index contributed by atoms with van der Waals surface area (Å²) in [7, 11) is 0. The number of fused-ring (bicyclic) bond motifs is 2. The minimum absolute atomic E-state index is 0.0490. The molecule has 43 heavy (non-hydrogen) atoms. The highest BCUT2D eigenvalue weighted by atomic mass is 16.5. The third kappa shape index (κ3) is 6.52. The van der Waals surface area contributed by atoms with Gasteiger partial charge in [-0.05, 0) is 70.6 Å². The van der Waals surface area contributed by atoms with Gasteiger partial charge in [-0.2, -0.15) is 0 Å². The van der Waals surface area contributed by atoms with Crippen molar-refractivity contribution in [3.8, 4) is 11.5 Å². The molecular formula is C38H33NO4. The first-order chi connectivity index (χ1) is 21.0. The Hall–Kier alpha value is -5.16. The van der Waals surface area contributed by atoms with Crippen molar-refractivity contribution in [1.29, 1.82) is 0 Å². The average molecular weight is 568 g/mol. The summed E-state index contributed by atoms with van der Waals surface area (Å²) in [6, 6.07) is 35.8. The van der Waals surface area contributed by atoms with Crippen molar-refractivity contribution in [3.05, 3.63) is 155 Å². The van der Waals surface area contributed by atoms with Crippen molar-refractivity contribution in [1.82, 2.24) is 4.98 Å². The van der Waals surface area contributed by atoms with Gasteiger partial charge in [0.05, 0.1) is 17.6 Å². The van der Waals surface area contributed by atoms with Crippen molar-refractivity contribution < 1.29 is 19.4 Å². The van der Waals surface area contributed by atoms with E-state index >= 15 is 0 Å². The highest BCUT2D eigenvalue weighted by Crippen LogP contribution is 2.37. The van der Waals surface area contributed by atoms with Crippen molar-refractivity contribution in [2.45, 2.75) is 31.8 Å². The summed E-state index contributed by atoms with van der Waals surface area (Å²) >= 11 is 0. The molecule has 0 radical (unpaired) electrons. The number of rotatable bonds is 10. The Morgan fingerprint density at radius 1 is 0.767 bits per heavy atom. The lowest BCUT2D eigenvalue weighted by molar-refractivity contribution is -0.138. The van der Waals surface area contributed by atoms with Crippen molar-refractivity contribution in [3.63, 3.8) is 0 Å². The van der Waals surface area contributed by atoms with Crippen LogP contribution in [0.4, 0.5) is 0 Å². The minimum Gasteiger partial charge on any atom is -0.489 e. The van der Waals surface area contributed by atoms with E-state index in [1.54, 1.807) is 0 Å². The van der Waals surface area contributed by atoms with Crippen molar-refractivity contribution in [2.24, 2.45) is 0 Å². The van der Waals surface area contributed by atoms with Gasteiger partial charge in [0.1, 0.15) is 24.7 Å². The number of aromatic nitrogens is 1. The van der Waals surface area contributed by atoms with E-state index in [2.05, 4.69) is 47.5 Å². The van der Waals surface area contributed by atoms with Gasteiger partial charge in [-0.25, -0.2) is 4.98 Å². The summed E-state index contributed by atoms with van der Waals surface area (Å²) in [6.45, 7) is 2.77. The lowest BCUT2D eigenvalue weighted by atomic mass is 9.74. The zero-order valence-corrected chi connectivity index (χ0v) is 24.1. The Bertz CT molecular complexity index is 1800. The van der Waals surface area contributed by atoms with Gasteiger partial charge >= 0.3 is 5.97 Å². The van der Waals surface area contributed by atoms with Crippen LogP contribution in [-0.4, -0.2) is 22.7 Å². The van der Waals surface area contributed by atoms with Crippen LogP contribution in [0.25, 0.3) is 17.0 Å². The van der Waals surface area contributed by atoms with Gasteiger partial charge in [0.2, 0.25) is 0 Å². The van der Waals surface area contributed by atoms with Crippen LogP contribution in [0.2, 0.25) is 0 Å². The molecule has 5 aromatic rings. The smallest absolute Gasteiger partial charge is 0.304 e. The topological polar surface area (TPSA) is 68.7 Å². The molecule has 0 spiro atoms. The Balaban J connectivity index is 1.12. The lowest BCUT2D eigenvalue weighted by Gasteiger charge is -2.29. The molecule has 1 atom stereocenters. The number of carbonyl (C=O) groups is 1. The first kappa shape index (κ1) is 28.0. The number of nitrogens with zero attached hydrogens (tertiary/aromatic N) is 1. The van der Waals surface area contributed by atoms with Crippen LogP contribution in [0.1, 0.15) is 41.3 Å². The fourth-order valence-electron chi connectivity index (χ4n) is 5.52. The normalized spacial score (nSPS) is 13.8. The largest absolute Gasteiger partial charge is 0.489 e. The molecule has 1 aromatic heterocycles. The molecule has 5 heteroatoms. The molecule has 0 fully saturated rings. The number of aliphatic carboxylic acids is 1. The predicted molar refractivity (Wildman–Crippen MR) is 170 cm³/mol. The highest BCUT2D eigenvalue weighted by molar-refractivity contribution is 5.78. The Kier molecular flexibility index (Phi) is 8.05. The molecule has 1 aliphatic carbocycles. The summed E-state index contributed by atoms with van der Waals surface area (Å²) < 4.78 is 12.1. The fraction of sp³-hybridized carbons (Fsp3) is 0.158. The number of allylic oxidation sites excluding steroid dienone is 1. The summed E-state index contributed by atoms with van der Waals surface area (Å²) in [4.78, 5) is 16.6. The Labute approximate surface area is 251 Å². The molecule has 1 aliphatic rings. The maximum absolute atomic E-state index is 12.0. The highest BCUT2D eigenvalue weighted by Gasteiger charge is 2.32. The molecule has 214 valence electrons. The van der Waals surface area contributed by atoms with Gasteiger partial charge < -0.3 is 14.6 Å². The fourth-order valence-corrected chi connectivity index (χ4v) is 5.52. The number of benzene rings is 4. The first-order valence-corrected chi connectivity index (χ1v) is 14.4. The molecule has 0 bridgehead atoms. The van der Waals surface area contributed by atoms with E-state index in [-0.39, 0.29) is 6.42 Å². The van der Waals surface area contributed by atoms with Gasteiger partial charge in [-0.1, -0.05) is 97.9 Å². The second-order valence-corrected chi connectivity index (χ2v) is 11.0. The third-order valence-corrected chi connectivity index (χ3v) is 8.05. The Morgan fingerprint density at radius 3 is 2.14 bits per heavy atom. The molecule has 1 unspecified atom stereocenters. The number of ether oxygens (including phenoxy) is 2. The second kappa shape index (κ2) is 12.4. The third-order valence-electron chi connectivity index (χ3n) is 8.05. The van der Waals surface area contributed by atoms with Gasteiger partial charge in [0.25, 0.3) is 0 Å². The number of pyridine rings is 1. The standard InChI is InChI=1S/C38H33NO4/c1-38(24-37(40)41,32-17-22-35(23-18-32)43-26-33-19-14-30-8-4-5-9-36(30)39-33)31-15-20-34(21-16-31)42-25-27-10-12-28-6-2-3-7-29(28)13-11-27/h2-12,14-23H,13,24-26H2,1H3,(H,40,41). The zero-order chi connectivity index (χ0) is 29.6. The number of carboxylic acid groups (broad SMARTS) is 1. The monoisotopic (exact) mass is 567 g/mol. The van der Waals surface area contributed by atoms with E-state index in [9.17, 15) is 9.90 Å². The van der Waals surface area contributed by atoms with Crippen LogP contribution in [0.15, 0.2) is 127 Å². The summed E-state index contributed by atoms with van der Waals surface area (Å²) in [5.74, 6) is 0.576. The number of para-hydroxylation sites is 1.